The topological polar surface area (TPSA) is 112 Å². The van der Waals surface area contributed by atoms with E-state index in [1.165, 1.54) is 49.4 Å². The highest BCUT2D eigenvalue weighted by Gasteiger charge is 2.41. The highest BCUT2D eigenvalue weighted by Crippen LogP contribution is 2.53. The van der Waals surface area contributed by atoms with Crippen LogP contribution in [-0.4, -0.2) is 44.0 Å². The van der Waals surface area contributed by atoms with Crippen molar-refractivity contribution in [1.29, 1.82) is 0 Å². The monoisotopic (exact) mass is 699 g/mol. The van der Waals surface area contributed by atoms with Gasteiger partial charge in [0.15, 0.2) is 0 Å². The van der Waals surface area contributed by atoms with E-state index in [1.807, 2.05) is 12.1 Å². The Hall–Kier alpha value is -3.76. The summed E-state index contributed by atoms with van der Waals surface area (Å²) in [5.74, 6) is -0.519. The number of fused-ring (bicyclic) bond motifs is 6. The number of benzene rings is 4. The molecule has 49 heavy (non-hydrogen) atoms. The SMILES string of the molecule is CC1(C)C(C=CC=C2N(CCCCS(=O)(=O)O)c3ccc4ccccc4c3C2(C)C)=C(CCCCS(=O)(=O)O)c2ccc3ccccc3c21. The molecule has 1 heterocycles. The second-order valence-corrected chi connectivity index (χ2v) is 17.5. The molecular weight excluding hydrogens is 655 g/mol. The van der Waals surface area contributed by atoms with Gasteiger partial charge in [-0.05, 0) is 93.6 Å². The van der Waals surface area contributed by atoms with Gasteiger partial charge in [0, 0.05) is 28.8 Å². The Balaban J connectivity index is 1.41. The third-order valence-corrected chi connectivity index (χ3v) is 11.9. The molecule has 0 fully saturated rings. The summed E-state index contributed by atoms with van der Waals surface area (Å²) in [6.45, 7) is 9.57. The lowest BCUT2D eigenvalue weighted by atomic mass is 9.78. The third kappa shape index (κ3) is 6.99. The van der Waals surface area contributed by atoms with E-state index < -0.39 is 20.2 Å². The van der Waals surface area contributed by atoms with Crippen molar-refractivity contribution in [2.45, 2.75) is 70.6 Å². The summed E-state index contributed by atoms with van der Waals surface area (Å²) in [4.78, 5) is 2.29. The summed E-state index contributed by atoms with van der Waals surface area (Å²) in [6.07, 6.45) is 9.14. The second kappa shape index (κ2) is 13.2. The van der Waals surface area contributed by atoms with E-state index in [-0.39, 0.29) is 22.3 Å². The average Bonchev–Trinajstić information content (AvgIpc) is 3.39. The Morgan fingerprint density at radius 1 is 0.673 bits per heavy atom. The van der Waals surface area contributed by atoms with E-state index >= 15 is 0 Å². The van der Waals surface area contributed by atoms with Crippen LogP contribution in [0.25, 0.3) is 27.1 Å². The van der Waals surface area contributed by atoms with Gasteiger partial charge in [-0.3, -0.25) is 9.11 Å². The first kappa shape index (κ1) is 35.1. The molecular formula is C40H45NO6S2. The predicted octanol–water partition coefficient (Wildman–Crippen LogP) is 9.00. The quantitative estimate of drug-likeness (QED) is 0.112. The minimum Gasteiger partial charge on any atom is -0.344 e. The fourth-order valence-electron chi connectivity index (χ4n) is 8.08. The Morgan fingerprint density at radius 3 is 1.88 bits per heavy atom. The summed E-state index contributed by atoms with van der Waals surface area (Å²) >= 11 is 0. The van der Waals surface area contributed by atoms with E-state index in [4.69, 9.17) is 0 Å². The number of rotatable bonds is 12. The van der Waals surface area contributed by atoms with Gasteiger partial charge in [0.05, 0.1) is 11.5 Å². The molecule has 0 spiro atoms. The molecule has 0 saturated heterocycles. The lowest BCUT2D eigenvalue weighted by Crippen LogP contribution is -2.27. The number of nitrogens with zero attached hydrogens (tertiary/aromatic N) is 1. The zero-order chi connectivity index (χ0) is 35.2. The van der Waals surface area contributed by atoms with Gasteiger partial charge < -0.3 is 4.90 Å². The van der Waals surface area contributed by atoms with E-state index in [2.05, 4.69) is 111 Å². The number of hydrogen-bond donors (Lipinski definition) is 2. The lowest BCUT2D eigenvalue weighted by molar-refractivity contribution is 0.478. The number of allylic oxidation sites excluding steroid dienone is 6. The van der Waals surface area contributed by atoms with E-state index in [1.54, 1.807) is 0 Å². The zero-order valence-corrected chi connectivity index (χ0v) is 30.2. The van der Waals surface area contributed by atoms with Crippen molar-refractivity contribution in [3.63, 3.8) is 0 Å². The van der Waals surface area contributed by atoms with Crippen molar-refractivity contribution >= 4 is 53.0 Å². The first-order valence-corrected chi connectivity index (χ1v) is 20.2. The van der Waals surface area contributed by atoms with Gasteiger partial charge in [-0.25, -0.2) is 0 Å². The van der Waals surface area contributed by atoms with Crippen molar-refractivity contribution < 1.29 is 25.9 Å². The average molecular weight is 700 g/mol. The van der Waals surface area contributed by atoms with Gasteiger partial charge in [0.1, 0.15) is 0 Å². The molecule has 0 bridgehead atoms. The van der Waals surface area contributed by atoms with Crippen LogP contribution in [0.15, 0.2) is 102 Å². The Morgan fingerprint density at radius 2 is 1.24 bits per heavy atom. The molecule has 6 rings (SSSR count). The first-order valence-electron chi connectivity index (χ1n) is 16.9. The summed E-state index contributed by atoms with van der Waals surface area (Å²) in [6, 6.07) is 25.4. The van der Waals surface area contributed by atoms with Crippen LogP contribution in [0.4, 0.5) is 5.69 Å². The molecule has 0 saturated carbocycles. The largest absolute Gasteiger partial charge is 0.344 e. The molecule has 0 unspecified atom stereocenters. The van der Waals surface area contributed by atoms with E-state index in [9.17, 15) is 25.9 Å². The lowest BCUT2D eigenvalue weighted by Gasteiger charge is -2.27. The van der Waals surface area contributed by atoms with Crippen molar-refractivity contribution in [3.8, 4) is 0 Å². The molecule has 1 aliphatic carbocycles. The maximum Gasteiger partial charge on any atom is 0.264 e. The maximum absolute atomic E-state index is 11.5. The molecule has 9 heteroatoms. The van der Waals surface area contributed by atoms with Crippen LogP contribution in [0.5, 0.6) is 0 Å². The molecule has 0 radical (unpaired) electrons. The number of anilines is 1. The van der Waals surface area contributed by atoms with Crippen LogP contribution in [0.3, 0.4) is 0 Å². The zero-order valence-electron chi connectivity index (χ0n) is 28.6. The predicted molar refractivity (Wildman–Crippen MR) is 201 cm³/mol. The highest BCUT2D eigenvalue weighted by molar-refractivity contribution is 7.86. The highest BCUT2D eigenvalue weighted by atomic mass is 32.2. The van der Waals surface area contributed by atoms with Crippen LogP contribution in [-0.2, 0) is 31.1 Å². The Labute approximate surface area is 290 Å². The minimum atomic E-state index is -4.03. The summed E-state index contributed by atoms with van der Waals surface area (Å²) in [5, 5.41) is 4.74. The molecule has 1 aliphatic heterocycles. The van der Waals surface area contributed by atoms with Crippen LogP contribution in [0, 0.1) is 0 Å². The number of hydrogen-bond acceptors (Lipinski definition) is 5. The molecule has 7 nitrogen and oxygen atoms in total. The molecule has 0 aromatic heterocycles. The van der Waals surface area contributed by atoms with Gasteiger partial charge in [-0.15, -0.1) is 0 Å². The van der Waals surface area contributed by atoms with E-state index in [0.717, 1.165) is 11.4 Å². The van der Waals surface area contributed by atoms with Crippen LogP contribution >= 0.6 is 0 Å². The van der Waals surface area contributed by atoms with E-state index in [0.29, 0.717) is 38.6 Å². The Bertz CT molecular complexity index is 2250. The summed E-state index contributed by atoms with van der Waals surface area (Å²) in [5.41, 5.74) is 7.61. The summed E-state index contributed by atoms with van der Waals surface area (Å²) < 4.78 is 64.5. The van der Waals surface area contributed by atoms with Gasteiger partial charge in [0.2, 0.25) is 0 Å². The molecule has 4 aromatic rings. The van der Waals surface area contributed by atoms with Gasteiger partial charge >= 0.3 is 0 Å². The number of unbranched alkanes of at least 4 members (excludes halogenated alkanes) is 2. The summed E-state index contributed by atoms with van der Waals surface area (Å²) in [7, 11) is -8.05. The molecule has 2 aliphatic rings. The third-order valence-electron chi connectivity index (χ3n) is 10.3. The normalized spacial score (nSPS) is 17.9. The molecule has 0 amide bonds. The second-order valence-electron chi connectivity index (χ2n) is 14.3. The van der Waals surface area contributed by atoms with Crippen LogP contribution in [0.2, 0.25) is 0 Å². The van der Waals surface area contributed by atoms with Crippen molar-refractivity contribution in [3.05, 3.63) is 119 Å². The molecule has 0 atom stereocenters. The molecule has 258 valence electrons. The van der Waals surface area contributed by atoms with Gasteiger partial charge in [-0.2, -0.15) is 16.8 Å². The van der Waals surface area contributed by atoms with Gasteiger partial charge in [-0.1, -0.05) is 107 Å². The van der Waals surface area contributed by atoms with Crippen molar-refractivity contribution in [2.75, 3.05) is 23.0 Å². The van der Waals surface area contributed by atoms with Crippen molar-refractivity contribution in [1.82, 2.24) is 0 Å². The van der Waals surface area contributed by atoms with Crippen molar-refractivity contribution in [2.24, 2.45) is 0 Å². The standard InChI is InChI=1S/C40H45NO6S2/c1-39(2)34(32(18-9-11-26-48(42,43)44)33-23-21-28-14-5-7-16-30(28)37(33)39)19-13-20-36-40(3,4)38-31-17-8-6-15-29(31)22-24-35(38)41(36)25-10-12-27-49(45,46)47/h5-8,13-17,19-24H,9-12,18,25-27H2,1-4H3,(H,42,43,44)(H,45,46,47). The minimum absolute atomic E-state index is 0.254. The molecule has 4 aromatic carbocycles. The van der Waals surface area contributed by atoms with Crippen LogP contribution in [0.1, 0.15) is 76.5 Å². The fraction of sp³-hybridized carbons (Fsp3) is 0.350. The maximum atomic E-state index is 11.5. The fourth-order valence-corrected chi connectivity index (χ4v) is 9.22. The van der Waals surface area contributed by atoms with Crippen LogP contribution < -0.4 is 4.90 Å². The smallest absolute Gasteiger partial charge is 0.264 e. The molecule has 2 N–H and O–H groups in total. The van der Waals surface area contributed by atoms with Gasteiger partial charge in [0.25, 0.3) is 20.2 Å². The first-order chi connectivity index (χ1) is 23.1. The Kier molecular flexibility index (Phi) is 9.43.